The molecule has 4 heterocycles. The van der Waals surface area contributed by atoms with E-state index in [1.807, 2.05) is 0 Å². The van der Waals surface area contributed by atoms with Crippen LogP contribution in [-0.4, -0.2) is 148 Å². The first-order valence-electron chi connectivity index (χ1n) is 12.1. The largest absolute Gasteiger partial charge is 0.471 e. The van der Waals surface area contributed by atoms with E-state index >= 15 is 0 Å². The van der Waals surface area contributed by atoms with E-state index < -0.39 is 105 Å². The normalized spacial score (nSPS) is 47.4. The standard InChI is InChI=1S/C22H34O16/c1-32-19(31)8-4-34-20(9-5-33-12(24)2-7(8)9)38-22-18(30)16(28)14(26)11(37-22)6-35-21-17(29)15(27)13(25)10(3-23)36-21/h4,7,9-18,20-30H,2-3,5-6H2,1H3/t7-,9-,10-,11-,12?,13-,14-,15+,16+,17-,18-,20+,21-,22+/m1/s1. The summed E-state index contributed by atoms with van der Waals surface area (Å²) < 4.78 is 37.6. The van der Waals surface area contributed by atoms with E-state index in [-0.39, 0.29) is 18.6 Å². The van der Waals surface area contributed by atoms with Gasteiger partial charge in [-0.25, -0.2) is 4.79 Å². The van der Waals surface area contributed by atoms with Crippen molar-refractivity contribution in [3.63, 3.8) is 0 Å². The second-order valence-corrected chi connectivity index (χ2v) is 9.54. The van der Waals surface area contributed by atoms with Crippen molar-refractivity contribution in [3.05, 3.63) is 11.8 Å². The Morgan fingerprint density at radius 3 is 2.18 bits per heavy atom. The summed E-state index contributed by atoms with van der Waals surface area (Å²) in [6, 6.07) is 0. The minimum Gasteiger partial charge on any atom is -0.471 e. The average molecular weight is 554 g/mol. The van der Waals surface area contributed by atoms with Crippen molar-refractivity contribution >= 4 is 5.97 Å². The molecule has 0 saturated carbocycles. The van der Waals surface area contributed by atoms with Gasteiger partial charge in [-0.15, -0.1) is 0 Å². The van der Waals surface area contributed by atoms with E-state index in [9.17, 15) is 45.6 Å². The molecule has 16 heteroatoms. The van der Waals surface area contributed by atoms with E-state index in [0.29, 0.717) is 0 Å². The maximum atomic E-state index is 12.2. The Morgan fingerprint density at radius 1 is 0.895 bits per heavy atom. The molecule has 38 heavy (non-hydrogen) atoms. The summed E-state index contributed by atoms with van der Waals surface area (Å²) in [6.45, 7) is -1.29. The molecule has 0 aromatic heterocycles. The van der Waals surface area contributed by atoms with Crippen LogP contribution in [0.15, 0.2) is 11.8 Å². The van der Waals surface area contributed by atoms with E-state index in [4.69, 9.17) is 33.2 Å². The second kappa shape index (κ2) is 12.3. The van der Waals surface area contributed by atoms with Crippen molar-refractivity contribution in [2.45, 2.75) is 80.4 Å². The van der Waals surface area contributed by atoms with Crippen LogP contribution in [0.1, 0.15) is 6.42 Å². The highest BCUT2D eigenvalue weighted by atomic mass is 16.8. The van der Waals surface area contributed by atoms with Crippen LogP contribution in [-0.2, 0) is 38.0 Å². The highest BCUT2D eigenvalue weighted by molar-refractivity contribution is 5.88. The van der Waals surface area contributed by atoms with Crippen molar-refractivity contribution in [3.8, 4) is 0 Å². The molecule has 4 rings (SSSR count). The Balaban J connectivity index is 1.43. The number of hydrogen-bond acceptors (Lipinski definition) is 16. The Bertz CT molecular complexity index is 838. The average Bonchev–Trinajstić information content (AvgIpc) is 2.91. The molecule has 0 bridgehead atoms. The molecule has 4 aliphatic heterocycles. The predicted molar refractivity (Wildman–Crippen MR) is 116 cm³/mol. The summed E-state index contributed by atoms with van der Waals surface area (Å²) >= 11 is 0. The zero-order chi connectivity index (χ0) is 27.7. The molecular weight excluding hydrogens is 520 g/mol. The molecule has 3 fully saturated rings. The fourth-order valence-corrected chi connectivity index (χ4v) is 4.90. The number of methoxy groups -OCH3 is 1. The van der Waals surface area contributed by atoms with E-state index in [0.717, 1.165) is 6.26 Å². The molecule has 4 aliphatic rings. The van der Waals surface area contributed by atoms with Crippen LogP contribution in [0.4, 0.5) is 0 Å². The van der Waals surface area contributed by atoms with E-state index in [2.05, 4.69) is 0 Å². The summed E-state index contributed by atoms with van der Waals surface area (Å²) in [5.74, 6) is -1.88. The number of carbonyl (C=O) groups is 1. The van der Waals surface area contributed by atoms with Crippen LogP contribution in [0.25, 0.3) is 0 Å². The number of hydrogen-bond donors (Lipinski definition) is 8. The lowest BCUT2D eigenvalue weighted by Gasteiger charge is -2.45. The molecule has 1 unspecified atom stereocenters. The smallest absolute Gasteiger partial charge is 0.337 e. The Morgan fingerprint density at radius 2 is 1.53 bits per heavy atom. The van der Waals surface area contributed by atoms with Gasteiger partial charge in [0.05, 0.1) is 44.7 Å². The molecule has 0 spiro atoms. The van der Waals surface area contributed by atoms with Crippen molar-refractivity contribution in [1.29, 1.82) is 0 Å². The number of esters is 1. The van der Waals surface area contributed by atoms with Crippen LogP contribution >= 0.6 is 0 Å². The van der Waals surface area contributed by atoms with Gasteiger partial charge in [0, 0.05) is 12.3 Å². The Labute approximate surface area is 216 Å². The number of ether oxygens (including phenoxy) is 7. The second-order valence-electron chi connectivity index (χ2n) is 9.54. The fourth-order valence-electron chi connectivity index (χ4n) is 4.90. The van der Waals surface area contributed by atoms with Crippen molar-refractivity contribution < 1.29 is 78.8 Å². The molecule has 14 atom stereocenters. The molecular formula is C22H34O16. The number of aliphatic hydroxyl groups excluding tert-OH is 8. The molecule has 16 nitrogen and oxygen atoms in total. The summed E-state index contributed by atoms with van der Waals surface area (Å²) in [7, 11) is 1.20. The first-order chi connectivity index (χ1) is 18.1. The lowest BCUT2D eigenvalue weighted by Crippen LogP contribution is -2.62. The van der Waals surface area contributed by atoms with Crippen LogP contribution in [0, 0.1) is 11.8 Å². The van der Waals surface area contributed by atoms with Gasteiger partial charge in [-0.3, -0.25) is 0 Å². The minimum atomic E-state index is -1.76. The third-order valence-electron chi connectivity index (χ3n) is 7.16. The van der Waals surface area contributed by atoms with Gasteiger partial charge in [-0.05, 0) is 0 Å². The van der Waals surface area contributed by atoms with Crippen molar-refractivity contribution in [2.75, 3.05) is 26.9 Å². The predicted octanol–water partition coefficient (Wildman–Crippen LogP) is -4.99. The lowest BCUT2D eigenvalue weighted by molar-refractivity contribution is -0.357. The van der Waals surface area contributed by atoms with Crippen LogP contribution < -0.4 is 0 Å². The lowest BCUT2D eigenvalue weighted by atomic mass is 9.80. The number of carbonyl (C=O) groups excluding carboxylic acids is 1. The zero-order valence-electron chi connectivity index (χ0n) is 20.3. The first kappa shape index (κ1) is 29.5. The highest BCUT2D eigenvalue weighted by Crippen LogP contribution is 2.40. The third-order valence-corrected chi connectivity index (χ3v) is 7.16. The van der Waals surface area contributed by atoms with E-state index in [1.165, 1.54) is 7.11 Å². The van der Waals surface area contributed by atoms with Gasteiger partial charge in [0.2, 0.25) is 6.29 Å². The fraction of sp³-hybridized carbons (Fsp3) is 0.864. The van der Waals surface area contributed by atoms with Gasteiger partial charge < -0.3 is 74.0 Å². The minimum absolute atomic E-state index is 0.0415. The Hall–Kier alpha value is -1.51. The van der Waals surface area contributed by atoms with Gasteiger partial charge in [-0.1, -0.05) is 0 Å². The van der Waals surface area contributed by atoms with Gasteiger partial charge in [0.1, 0.15) is 48.8 Å². The van der Waals surface area contributed by atoms with Crippen LogP contribution in [0.3, 0.4) is 0 Å². The number of rotatable bonds is 7. The monoisotopic (exact) mass is 554 g/mol. The maximum absolute atomic E-state index is 12.2. The maximum Gasteiger partial charge on any atom is 0.337 e. The van der Waals surface area contributed by atoms with E-state index in [1.54, 1.807) is 0 Å². The molecule has 0 aromatic rings. The number of fused-ring (bicyclic) bond motifs is 1. The quantitative estimate of drug-likeness (QED) is 0.137. The highest BCUT2D eigenvalue weighted by Gasteiger charge is 2.50. The molecule has 0 aromatic carbocycles. The number of aliphatic hydroxyl groups is 8. The molecule has 218 valence electrons. The summed E-state index contributed by atoms with van der Waals surface area (Å²) in [4.78, 5) is 12.2. The summed E-state index contributed by atoms with van der Waals surface area (Å²) in [6.07, 6.45) is -17.0. The third kappa shape index (κ3) is 5.83. The van der Waals surface area contributed by atoms with Crippen molar-refractivity contribution in [2.24, 2.45) is 11.8 Å². The SMILES string of the molecule is COC(=O)C1=CO[C@@H](O[C@@H]2O[C@H](CO[C@@H]3O[C@H](CO)[C@@H](O)[C@H](O)[C@H]3O)[C@@H](O)[C@H](O)[C@H]2O)[C@@H]2COC(O)C[C@H]12. The topological polar surface area (TPSA) is 244 Å². The van der Waals surface area contributed by atoms with Gasteiger partial charge >= 0.3 is 5.97 Å². The van der Waals surface area contributed by atoms with Crippen LogP contribution in [0.2, 0.25) is 0 Å². The first-order valence-corrected chi connectivity index (χ1v) is 12.1. The molecule has 0 amide bonds. The summed E-state index contributed by atoms with van der Waals surface area (Å²) in [5, 5.41) is 80.5. The zero-order valence-corrected chi connectivity index (χ0v) is 20.3. The van der Waals surface area contributed by atoms with Gasteiger partial charge in [-0.2, -0.15) is 0 Å². The Kier molecular flexibility index (Phi) is 9.57. The molecule has 3 saturated heterocycles. The van der Waals surface area contributed by atoms with Gasteiger partial charge in [0.15, 0.2) is 18.9 Å². The van der Waals surface area contributed by atoms with Crippen molar-refractivity contribution in [1.82, 2.24) is 0 Å². The van der Waals surface area contributed by atoms with Gasteiger partial charge in [0.25, 0.3) is 0 Å². The summed E-state index contributed by atoms with van der Waals surface area (Å²) in [5.41, 5.74) is 0.158. The molecule has 0 aliphatic carbocycles. The molecule has 8 N–H and O–H groups in total. The molecule has 0 radical (unpaired) electrons. The van der Waals surface area contributed by atoms with Crippen LogP contribution in [0.5, 0.6) is 0 Å².